The van der Waals surface area contributed by atoms with Crippen molar-refractivity contribution < 1.29 is 18.4 Å². The van der Waals surface area contributed by atoms with Gasteiger partial charge in [-0.3, -0.25) is 14.9 Å². The van der Waals surface area contributed by atoms with E-state index in [2.05, 4.69) is 16.9 Å². The summed E-state index contributed by atoms with van der Waals surface area (Å²) in [6, 6.07) is 10.5. The van der Waals surface area contributed by atoms with Crippen LogP contribution in [0.2, 0.25) is 0 Å². The smallest absolute Gasteiger partial charge is 0.279 e. The third-order valence-corrected chi connectivity index (χ3v) is 7.97. The van der Waals surface area contributed by atoms with Crippen molar-refractivity contribution in [1.82, 2.24) is 14.5 Å². The minimum Gasteiger partial charge on any atom is -0.339 e. The Hall–Kier alpha value is -3.07. The van der Waals surface area contributed by atoms with Gasteiger partial charge in [-0.15, -0.1) is 11.3 Å². The molecule has 1 aliphatic carbocycles. The molecule has 6 nitrogen and oxygen atoms in total. The molecule has 2 aliphatic rings. The molecular weight excluding hydrogens is 446 g/mol. The van der Waals surface area contributed by atoms with Crippen LogP contribution in [0.25, 0.3) is 11.0 Å². The highest BCUT2D eigenvalue weighted by Crippen LogP contribution is 2.55. The second-order valence-electron chi connectivity index (χ2n) is 9.08. The van der Waals surface area contributed by atoms with Gasteiger partial charge in [0.05, 0.1) is 20.8 Å². The van der Waals surface area contributed by atoms with E-state index >= 15 is 0 Å². The lowest BCUT2D eigenvalue weighted by molar-refractivity contribution is -0.125. The Kier molecular flexibility index (Phi) is 5.12. The van der Waals surface area contributed by atoms with Gasteiger partial charge in [0.1, 0.15) is 0 Å². The predicted molar refractivity (Wildman–Crippen MR) is 124 cm³/mol. The number of fused-ring (bicyclic) bond motifs is 1. The van der Waals surface area contributed by atoms with E-state index < -0.39 is 11.8 Å². The summed E-state index contributed by atoms with van der Waals surface area (Å²) in [7, 11) is 0. The molecule has 1 aliphatic heterocycles. The molecule has 1 N–H and O–H groups in total. The molecule has 2 fully saturated rings. The maximum atomic E-state index is 13.6. The Morgan fingerprint density at radius 1 is 1.27 bits per heavy atom. The molecule has 5 rings (SSSR count). The lowest BCUT2D eigenvalue weighted by Crippen LogP contribution is -2.42. The fraction of sp³-hybridized carbons (Fsp3) is 0.375. The number of nitrogens with zero attached hydrogens (tertiary/aromatic N) is 3. The number of alkyl halides is 2. The molecule has 9 heteroatoms. The van der Waals surface area contributed by atoms with Crippen LogP contribution in [0.5, 0.6) is 0 Å². The fourth-order valence-corrected chi connectivity index (χ4v) is 5.90. The number of hydrogen-bond donors (Lipinski definition) is 1. The molecule has 0 bridgehead atoms. The summed E-state index contributed by atoms with van der Waals surface area (Å²) in [4.78, 5) is 31.4. The van der Waals surface area contributed by atoms with Crippen LogP contribution in [0.3, 0.4) is 0 Å². The average Bonchev–Trinajstić information content (AvgIpc) is 3.48. The molecule has 1 saturated carbocycles. The Bertz CT molecular complexity index is 1250. The van der Waals surface area contributed by atoms with E-state index in [1.54, 1.807) is 0 Å². The van der Waals surface area contributed by atoms with Crippen LogP contribution >= 0.6 is 11.3 Å². The van der Waals surface area contributed by atoms with Crippen LogP contribution < -0.4 is 5.32 Å². The number of likely N-dealkylation sites (tertiary alicyclic amines) is 1. The zero-order chi connectivity index (χ0) is 23.4. The zero-order valence-electron chi connectivity index (χ0n) is 18.2. The number of hydrogen-bond acceptors (Lipinski definition) is 4. The molecule has 1 aromatic carbocycles. The quantitative estimate of drug-likeness (QED) is 0.521. The lowest BCUT2D eigenvalue weighted by Gasteiger charge is -2.46. The first-order chi connectivity index (χ1) is 15.7. The molecule has 2 aromatic heterocycles. The van der Waals surface area contributed by atoms with Crippen LogP contribution in [-0.4, -0.2) is 39.4 Å². The van der Waals surface area contributed by atoms with Crippen molar-refractivity contribution in [3.63, 3.8) is 0 Å². The van der Waals surface area contributed by atoms with Gasteiger partial charge < -0.3 is 9.47 Å². The summed E-state index contributed by atoms with van der Waals surface area (Å²) >= 11 is 0.784. The fourth-order valence-electron chi connectivity index (χ4n) is 5.07. The summed E-state index contributed by atoms with van der Waals surface area (Å²) in [5.74, 6) is -3.07. The maximum Gasteiger partial charge on any atom is 0.279 e. The van der Waals surface area contributed by atoms with Crippen molar-refractivity contribution in [2.24, 2.45) is 5.41 Å². The normalized spacial score (nSPS) is 22.5. The molecule has 3 heterocycles. The third-order valence-electron chi connectivity index (χ3n) is 6.71. The monoisotopic (exact) mass is 470 g/mol. The van der Waals surface area contributed by atoms with Gasteiger partial charge in [0.15, 0.2) is 0 Å². The van der Waals surface area contributed by atoms with Crippen LogP contribution in [0, 0.1) is 5.41 Å². The van der Waals surface area contributed by atoms with Crippen molar-refractivity contribution in [2.75, 3.05) is 18.4 Å². The van der Waals surface area contributed by atoms with Crippen molar-refractivity contribution in [2.45, 2.75) is 38.2 Å². The van der Waals surface area contributed by atoms with E-state index in [4.69, 9.17) is 0 Å². The second-order valence-corrected chi connectivity index (χ2v) is 10.2. The van der Waals surface area contributed by atoms with Gasteiger partial charge >= 0.3 is 0 Å². The first kappa shape index (κ1) is 21.8. The van der Waals surface area contributed by atoms with E-state index in [-0.39, 0.29) is 27.1 Å². The van der Waals surface area contributed by atoms with Gasteiger partial charge in [-0.05, 0) is 55.0 Å². The minimum absolute atomic E-state index is 0.0377. The second kappa shape index (κ2) is 7.76. The van der Waals surface area contributed by atoms with Crippen molar-refractivity contribution in [3.05, 3.63) is 58.8 Å². The van der Waals surface area contributed by atoms with Gasteiger partial charge in [-0.2, -0.15) is 0 Å². The minimum atomic E-state index is -2.99. The summed E-state index contributed by atoms with van der Waals surface area (Å²) in [6.07, 6.45) is 4.06. The molecule has 1 spiro atoms. The Morgan fingerprint density at radius 3 is 2.73 bits per heavy atom. The SMILES string of the molecule is C=CC(=O)N1CC[C@]2(C1)C[C@H](n1c(NC(=O)c3ccc(C(C)(F)F)s3)nc3ccccc31)C2. The predicted octanol–water partition coefficient (Wildman–Crippen LogP) is 5.20. The topological polar surface area (TPSA) is 67.2 Å². The summed E-state index contributed by atoms with van der Waals surface area (Å²) in [6.45, 7) is 5.84. The van der Waals surface area contributed by atoms with E-state index in [1.807, 2.05) is 33.7 Å². The van der Waals surface area contributed by atoms with E-state index in [1.165, 1.54) is 18.2 Å². The number of benzene rings is 1. The van der Waals surface area contributed by atoms with E-state index in [9.17, 15) is 18.4 Å². The number of imidazole rings is 1. The highest BCUT2D eigenvalue weighted by Gasteiger charge is 2.50. The molecular formula is C24H24F2N4O2S. The number of thiophene rings is 1. The van der Waals surface area contributed by atoms with Crippen molar-refractivity contribution in [1.29, 1.82) is 0 Å². The van der Waals surface area contributed by atoms with Crippen LogP contribution in [-0.2, 0) is 10.7 Å². The van der Waals surface area contributed by atoms with Crippen LogP contribution in [0.4, 0.5) is 14.7 Å². The number of anilines is 1. The van der Waals surface area contributed by atoms with E-state index in [0.29, 0.717) is 12.5 Å². The van der Waals surface area contributed by atoms with Gasteiger partial charge in [0.2, 0.25) is 11.9 Å². The number of carbonyl (C=O) groups is 2. The Labute approximate surface area is 193 Å². The van der Waals surface area contributed by atoms with E-state index in [0.717, 1.165) is 55.1 Å². The Morgan fingerprint density at radius 2 is 2.03 bits per heavy atom. The van der Waals surface area contributed by atoms with Crippen molar-refractivity contribution in [3.8, 4) is 0 Å². The zero-order valence-corrected chi connectivity index (χ0v) is 19.0. The molecule has 0 atom stereocenters. The molecule has 3 aromatic rings. The van der Waals surface area contributed by atoms with Crippen LogP contribution in [0.15, 0.2) is 49.1 Å². The number of rotatable bonds is 5. The first-order valence-corrected chi connectivity index (χ1v) is 11.7. The molecule has 1 saturated heterocycles. The maximum absolute atomic E-state index is 13.6. The first-order valence-electron chi connectivity index (χ1n) is 10.9. The summed E-state index contributed by atoms with van der Waals surface area (Å²) in [5.41, 5.74) is 1.75. The standard InChI is InChI=1S/C24H24F2N4O2S/c1-3-20(31)29-11-10-24(14-29)12-15(13-24)30-17-7-5-4-6-16(17)27-22(30)28-21(32)18-8-9-19(33-18)23(2,25)26/h3-9,15H,1,10-14H2,2H3,(H,27,28,32)/t15-,24-. The number of carbonyl (C=O) groups excluding carboxylic acids is 2. The number of amides is 2. The molecule has 2 amide bonds. The average molecular weight is 471 g/mol. The molecule has 172 valence electrons. The summed E-state index contributed by atoms with van der Waals surface area (Å²) in [5, 5.41) is 2.85. The molecule has 0 radical (unpaired) electrons. The van der Waals surface area contributed by atoms with Gasteiger partial charge in [0.25, 0.3) is 11.8 Å². The number of para-hydroxylation sites is 2. The molecule has 0 unspecified atom stereocenters. The van der Waals surface area contributed by atoms with Crippen LogP contribution in [0.1, 0.15) is 46.8 Å². The number of nitrogens with one attached hydrogen (secondary N) is 1. The highest BCUT2D eigenvalue weighted by atomic mass is 32.1. The van der Waals surface area contributed by atoms with Gasteiger partial charge in [-0.25, -0.2) is 13.8 Å². The number of aromatic nitrogens is 2. The van der Waals surface area contributed by atoms with Gasteiger partial charge in [0, 0.05) is 26.1 Å². The summed E-state index contributed by atoms with van der Waals surface area (Å²) < 4.78 is 29.2. The third kappa shape index (κ3) is 3.84. The lowest BCUT2D eigenvalue weighted by atomic mass is 9.65. The Balaban J connectivity index is 1.39. The number of halogens is 2. The van der Waals surface area contributed by atoms with Gasteiger partial charge in [-0.1, -0.05) is 18.7 Å². The molecule has 33 heavy (non-hydrogen) atoms. The van der Waals surface area contributed by atoms with Crippen molar-refractivity contribution >= 4 is 40.1 Å². The highest BCUT2D eigenvalue weighted by molar-refractivity contribution is 7.14. The largest absolute Gasteiger partial charge is 0.339 e.